The minimum Gasteiger partial charge on any atom is -0.460 e. The number of allylic oxidation sites excluding steroid dienone is 1. The Balaban J connectivity index is 2.41. The van der Waals surface area contributed by atoms with Gasteiger partial charge in [0, 0.05) is 5.92 Å². The van der Waals surface area contributed by atoms with Crippen molar-refractivity contribution in [2.45, 2.75) is 44.5 Å². The molecule has 6 heteroatoms. The van der Waals surface area contributed by atoms with Crippen LogP contribution in [0.15, 0.2) is 43.5 Å². The maximum Gasteiger partial charge on any atom is 0.313 e. The lowest BCUT2D eigenvalue weighted by Gasteiger charge is -2.32. The SMILES string of the molecule is C=C[C@@H](O)[C@@H](O)[C@H](C(=O)OC(C)(C)C)[C@H](C=C)c1ccc2c(c1)OCO2. The summed E-state index contributed by atoms with van der Waals surface area (Å²) in [6.07, 6.45) is 0.0345. The lowest BCUT2D eigenvalue weighted by molar-refractivity contribution is -0.167. The summed E-state index contributed by atoms with van der Waals surface area (Å²) < 4.78 is 16.1. The second-order valence-corrected chi connectivity index (χ2v) is 7.15. The lowest BCUT2D eigenvalue weighted by Crippen LogP contribution is -2.43. The molecule has 1 aromatic rings. The smallest absolute Gasteiger partial charge is 0.313 e. The number of esters is 1. The Labute approximate surface area is 153 Å². The molecule has 26 heavy (non-hydrogen) atoms. The molecule has 0 unspecified atom stereocenters. The maximum absolute atomic E-state index is 12.8. The van der Waals surface area contributed by atoms with Crippen molar-refractivity contribution < 1.29 is 29.2 Å². The maximum atomic E-state index is 12.8. The molecular weight excluding hydrogens is 336 g/mol. The van der Waals surface area contributed by atoms with E-state index in [-0.39, 0.29) is 6.79 Å². The third kappa shape index (κ3) is 4.45. The molecule has 0 fully saturated rings. The fourth-order valence-electron chi connectivity index (χ4n) is 2.83. The summed E-state index contributed by atoms with van der Waals surface area (Å²) in [5, 5.41) is 20.6. The van der Waals surface area contributed by atoms with Crippen LogP contribution in [0.1, 0.15) is 32.3 Å². The number of ether oxygens (including phenoxy) is 3. The first-order valence-electron chi connectivity index (χ1n) is 8.41. The summed E-state index contributed by atoms with van der Waals surface area (Å²) in [5.41, 5.74) is -0.0511. The molecule has 1 aliphatic heterocycles. The Hall–Kier alpha value is -2.31. The fraction of sp³-hybridized carbons (Fsp3) is 0.450. The molecule has 2 N–H and O–H groups in total. The van der Waals surface area contributed by atoms with E-state index in [1.807, 2.05) is 0 Å². The third-order valence-corrected chi connectivity index (χ3v) is 4.06. The highest BCUT2D eigenvalue weighted by molar-refractivity contribution is 5.75. The molecule has 1 aliphatic rings. The van der Waals surface area contributed by atoms with Gasteiger partial charge >= 0.3 is 5.97 Å². The highest BCUT2D eigenvalue weighted by Gasteiger charge is 2.40. The first-order valence-corrected chi connectivity index (χ1v) is 8.41. The topological polar surface area (TPSA) is 85.2 Å². The summed E-state index contributed by atoms with van der Waals surface area (Å²) in [7, 11) is 0. The van der Waals surface area contributed by atoms with Crippen molar-refractivity contribution in [1.82, 2.24) is 0 Å². The number of hydrogen-bond donors (Lipinski definition) is 2. The fourth-order valence-corrected chi connectivity index (χ4v) is 2.83. The molecule has 2 rings (SSSR count). The first-order chi connectivity index (χ1) is 12.2. The van der Waals surface area contributed by atoms with E-state index in [0.29, 0.717) is 17.1 Å². The van der Waals surface area contributed by atoms with E-state index in [4.69, 9.17) is 14.2 Å². The van der Waals surface area contributed by atoms with E-state index < -0.39 is 35.6 Å². The minimum atomic E-state index is -1.41. The van der Waals surface area contributed by atoms with Gasteiger partial charge in [-0.25, -0.2) is 0 Å². The molecular formula is C20H26O6. The number of benzene rings is 1. The lowest BCUT2D eigenvalue weighted by atomic mass is 9.80. The van der Waals surface area contributed by atoms with Crippen molar-refractivity contribution in [3.63, 3.8) is 0 Å². The first kappa shape index (κ1) is 20.0. The summed E-state index contributed by atoms with van der Waals surface area (Å²) in [4.78, 5) is 12.8. The van der Waals surface area contributed by atoms with E-state index in [1.165, 1.54) is 6.08 Å². The van der Waals surface area contributed by atoms with Crippen molar-refractivity contribution in [2.75, 3.05) is 6.79 Å². The predicted octanol–water partition coefficient (Wildman–Crippen LogP) is 2.55. The van der Waals surface area contributed by atoms with Crippen molar-refractivity contribution >= 4 is 5.97 Å². The Morgan fingerprint density at radius 1 is 1.19 bits per heavy atom. The average Bonchev–Trinajstić information content (AvgIpc) is 3.04. The van der Waals surface area contributed by atoms with Gasteiger partial charge in [-0.2, -0.15) is 0 Å². The van der Waals surface area contributed by atoms with E-state index in [2.05, 4.69) is 13.2 Å². The van der Waals surface area contributed by atoms with E-state index in [1.54, 1.807) is 45.0 Å². The average molecular weight is 362 g/mol. The molecule has 0 aromatic heterocycles. The number of carbonyl (C=O) groups is 1. The molecule has 0 aliphatic carbocycles. The third-order valence-electron chi connectivity index (χ3n) is 4.06. The molecule has 0 spiro atoms. The molecule has 0 saturated heterocycles. The molecule has 142 valence electrons. The summed E-state index contributed by atoms with van der Waals surface area (Å²) in [5.74, 6) is -1.15. The van der Waals surface area contributed by atoms with Gasteiger partial charge < -0.3 is 24.4 Å². The van der Waals surface area contributed by atoms with Crippen LogP contribution < -0.4 is 9.47 Å². The molecule has 1 aromatic carbocycles. The van der Waals surface area contributed by atoms with Crippen molar-refractivity contribution in [1.29, 1.82) is 0 Å². The second kappa shape index (κ2) is 7.93. The number of aliphatic hydroxyl groups is 2. The van der Waals surface area contributed by atoms with Gasteiger partial charge in [-0.1, -0.05) is 18.2 Å². The van der Waals surface area contributed by atoms with Gasteiger partial charge in [0.05, 0.1) is 18.1 Å². The molecule has 0 bridgehead atoms. The van der Waals surface area contributed by atoms with E-state index in [9.17, 15) is 15.0 Å². The van der Waals surface area contributed by atoms with Crippen LogP contribution in [-0.2, 0) is 9.53 Å². The standard InChI is InChI=1S/C20H26O6/c1-6-13(12-8-9-15-16(10-12)25-11-24-15)17(18(22)14(21)7-2)19(23)26-20(3,4)5/h6-10,13-14,17-18,21-22H,1-2,11H2,3-5H3/t13-,14-,17-,18-/m1/s1. The van der Waals surface area contributed by atoms with Crippen LogP contribution in [0, 0.1) is 5.92 Å². The molecule has 1 heterocycles. The van der Waals surface area contributed by atoms with Crippen molar-refractivity contribution in [3.05, 3.63) is 49.1 Å². The van der Waals surface area contributed by atoms with Crippen LogP contribution in [0.2, 0.25) is 0 Å². The second-order valence-electron chi connectivity index (χ2n) is 7.15. The normalized spacial score (nSPS) is 17.7. The summed E-state index contributed by atoms with van der Waals surface area (Å²) in [6, 6.07) is 5.24. The van der Waals surface area contributed by atoms with Gasteiger partial charge in [0.1, 0.15) is 5.60 Å². The zero-order chi connectivity index (χ0) is 19.5. The van der Waals surface area contributed by atoms with Crippen molar-refractivity contribution in [3.8, 4) is 11.5 Å². The zero-order valence-electron chi connectivity index (χ0n) is 15.3. The zero-order valence-corrected chi connectivity index (χ0v) is 15.3. The molecule has 0 amide bonds. The molecule has 4 atom stereocenters. The van der Waals surface area contributed by atoms with Crippen molar-refractivity contribution in [2.24, 2.45) is 5.92 Å². The van der Waals surface area contributed by atoms with Crippen LogP contribution in [0.3, 0.4) is 0 Å². The quantitative estimate of drug-likeness (QED) is 0.573. The summed E-state index contributed by atoms with van der Waals surface area (Å²) >= 11 is 0. The van der Waals surface area contributed by atoms with Crippen LogP contribution in [-0.4, -0.2) is 40.8 Å². The highest BCUT2D eigenvalue weighted by atomic mass is 16.7. The highest BCUT2D eigenvalue weighted by Crippen LogP contribution is 2.38. The minimum absolute atomic E-state index is 0.130. The van der Waals surface area contributed by atoms with Gasteiger partial charge in [0.25, 0.3) is 0 Å². The number of aliphatic hydroxyl groups excluding tert-OH is 2. The molecule has 0 saturated carbocycles. The molecule has 6 nitrogen and oxygen atoms in total. The van der Waals surface area contributed by atoms with Gasteiger partial charge in [0.15, 0.2) is 11.5 Å². The van der Waals surface area contributed by atoms with E-state index >= 15 is 0 Å². The van der Waals surface area contributed by atoms with Crippen LogP contribution in [0.25, 0.3) is 0 Å². The van der Waals surface area contributed by atoms with E-state index in [0.717, 1.165) is 0 Å². The Kier molecular flexibility index (Phi) is 6.10. The Morgan fingerprint density at radius 3 is 2.42 bits per heavy atom. The van der Waals surface area contributed by atoms with Gasteiger partial charge in [-0.3, -0.25) is 4.79 Å². The van der Waals surface area contributed by atoms with Crippen LogP contribution >= 0.6 is 0 Å². The van der Waals surface area contributed by atoms with Gasteiger partial charge in [0.2, 0.25) is 6.79 Å². The van der Waals surface area contributed by atoms with Crippen LogP contribution in [0.4, 0.5) is 0 Å². The number of rotatable bonds is 7. The van der Waals surface area contributed by atoms with Crippen LogP contribution in [0.5, 0.6) is 11.5 Å². The number of hydrogen-bond acceptors (Lipinski definition) is 6. The Bertz CT molecular complexity index is 675. The Morgan fingerprint density at radius 2 is 1.85 bits per heavy atom. The monoisotopic (exact) mass is 362 g/mol. The van der Waals surface area contributed by atoms with Gasteiger partial charge in [-0.05, 0) is 38.5 Å². The summed E-state index contributed by atoms with van der Waals surface area (Å²) in [6.45, 7) is 12.6. The van der Waals surface area contributed by atoms with Gasteiger partial charge in [-0.15, -0.1) is 13.2 Å². The number of carbonyl (C=O) groups excluding carboxylic acids is 1. The molecule has 0 radical (unpaired) electrons. The number of fused-ring (bicyclic) bond motifs is 1. The predicted molar refractivity (Wildman–Crippen MR) is 97.0 cm³/mol. The largest absolute Gasteiger partial charge is 0.460 e.